The van der Waals surface area contributed by atoms with Gasteiger partial charge in [-0.3, -0.25) is 0 Å². The van der Waals surface area contributed by atoms with Crippen LogP contribution in [0.1, 0.15) is 36.4 Å². The average Bonchev–Trinajstić information content (AvgIpc) is 2.88. The number of benzene rings is 3. The summed E-state index contributed by atoms with van der Waals surface area (Å²) in [7, 11) is -6.01. The van der Waals surface area contributed by atoms with E-state index in [1.165, 1.54) is 28.6 Å². The minimum Gasteiger partial charge on any atom is -0.497 e. The third kappa shape index (κ3) is 5.33. The number of piperidine rings is 1. The monoisotopic (exact) mass is 500 g/mol. The predicted octanol–water partition coefficient (Wildman–Crippen LogP) is 3.94. The van der Waals surface area contributed by atoms with Gasteiger partial charge >= 0.3 is 0 Å². The van der Waals surface area contributed by atoms with E-state index < -0.39 is 26.1 Å². The van der Waals surface area contributed by atoms with Gasteiger partial charge in [0.25, 0.3) is 0 Å². The second kappa shape index (κ2) is 10.3. The topological polar surface area (TPSA) is 92.8 Å². The Morgan fingerprint density at radius 2 is 1.29 bits per heavy atom. The number of nitrogens with one attached hydrogen (secondary N) is 1. The largest absolute Gasteiger partial charge is 0.497 e. The second-order valence-electron chi connectivity index (χ2n) is 8.17. The van der Waals surface area contributed by atoms with Gasteiger partial charge < -0.3 is 4.74 Å². The summed E-state index contributed by atoms with van der Waals surface area (Å²) in [5, 5.41) is 0. The molecule has 0 radical (unpaired) electrons. The van der Waals surface area contributed by atoms with Gasteiger partial charge in [-0.05, 0) is 60.4 Å². The van der Waals surface area contributed by atoms with E-state index in [0.29, 0.717) is 18.8 Å². The minimum atomic E-state index is -3.95. The van der Waals surface area contributed by atoms with Gasteiger partial charge in [-0.2, -0.15) is 9.03 Å². The van der Waals surface area contributed by atoms with Crippen LogP contribution in [0.3, 0.4) is 0 Å². The average molecular weight is 501 g/mol. The molecule has 1 aliphatic heterocycles. The van der Waals surface area contributed by atoms with E-state index in [0.717, 1.165) is 30.4 Å². The van der Waals surface area contributed by atoms with Crippen molar-refractivity contribution < 1.29 is 21.6 Å². The van der Waals surface area contributed by atoms with Crippen molar-refractivity contribution in [2.24, 2.45) is 0 Å². The number of ether oxygens (including phenoxy) is 1. The number of sulfonamides is 2. The summed E-state index contributed by atoms with van der Waals surface area (Å²) in [6.45, 7) is 0.981. The minimum absolute atomic E-state index is 0.000429. The molecule has 0 amide bonds. The summed E-state index contributed by atoms with van der Waals surface area (Å²) < 4.78 is 61.8. The van der Waals surface area contributed by atoms with E-state index in [9.17, 15) is 16.8 Å². The van der Waals surface area contributed by atoms with Crippen LogP contribution in [0.15, 0.2) is 88.7 Å². The maximum atomic E-state index is 13.3. The molecule has 1 aliphatic rings. The predicted molar refractivity (Wildman–Crippen MR) is 131 cm³/mol. The smallest absolute Gasteiger partial charge is 0.243 e. The van der Waals surface area contributed by atoms with Crippen LogP contribution in [0.5, 0.6) is 5.75 Å². The molecular weight excluding hydrogens is 472 g/mol. The molecule has 7 nitrogen and oxygen atoms in total. The highest BCUT2D eigenvalue weighted by Crippen LogP contribution is 2.27. The Kier molecular flexibility index (Phi) is 7.37. The molecule has 1 N–H and O–H groups in total. The fraction of sp³-hybridized carbons (Fsp3) is 0.280. The molecule has 4 rings (SSSR count). The van der Waals surface area contributed by atoms with Crippen molar-refractivity contribution in [2.75, 3.05) is 20.2 Å². The Morgan fingerprint density at radius 1 is 0.735 bits per heavy atom. The number of methoxy groups -OCH3 is 1. The third-order valence-electron chi connectivity index (χ3n) is 5.94. The van der Waals surface area contributed by atoms with Crippen LogP contribution >= 0.6 is 0 Å². The van der Waals surface area contributed by atoms with E-state index in [-0.39, 0.29) is 9.79 Å². The maximum absolute atomic E-state index is 13.3. The van der Waals surface area contributed by atoms with Crippen LogP contribution in [0, 0.1) is 0 Å². The molecule has 1 atom stereocenters. The molecule has 0 aromatic heterocycles. The van der Waals surface area contributed by atoms with Crippen molar-refractivity contribution in [1.29, 1.82) is 0 Å². The maximum Gasteiger partial charge on any atom is 0.243 e. The Morgan fingerprint density at radius 3 is 1.88 bits per heavy atom. The van der Waals surface area contributed by atoms with E-state index in [1.54, 1.807) is 19.2 Å². The first-order valence-electron chi connectivity index (χ1n) is 11.1. The van der Waals surface area contributed by atoms with Crippen LogP contribution in [0.4, 0.5) is 0 Å². The van der Waals surface area contributed by atoms with Gasteiger partial charge in [0, 0.05) is 13.1 Å². The number of hydrogen-bond acceptors (Lipinski definition) is 5. The number of nitrogens with zero attached hydrogens (tertiary/aromatic N) is 1. The molecule has 3 aromatic rings. The van der Waals surface area contributed by atoms with Crippen molar-refractivity contribution in [1.82, 2.24) is 9.03 Å². The first-order chi connectivity index (χ1) is 16.3. The van der Waals surface area contributed by atoms with Crippen molar-refractivity contribution >= 4 is 20.0 Å². The highest BCUT2D eigenvalue weighted by atomic mass is 32.2. The summed E-state index contributed by atoms with van der Waals surface area (Å²) >= 11 is 0. The fourth-order valence-corrected chi connectivity index (χ4v) is 6.77. The molecule has 34 heavy (non-hydrogen) atoms. The van der Waals surface area contributed by atoms with Crippen LogP contribution < -0.4 is 9.46 Å². The van der Waals surface area contributed by atoms with Crippen molar-refractivity contribution in [3.8, 4) is 5.75 Å². The summed E-state index contributed by atoms with van der Waals surface area (Å²) in [5.74, 6) is 0.670. The van der Waals surface area contributed by atoms with Crippen molar-refractivity contribution in [3.05, 3.63) is 90.0 Å². The Hall–Kier alpha value is -2.72. The van der Waals surface area contributed by atoms with Crippen molar-refractivity contribution in [3.63, 3.8) is 0 Å². The molecule has 1 heterocycles. The van der Waals surface area contributed by atoms with Gasteiger partial charge in [-0.1, -0.05) is 48.9 Å². The quantitative estimate of drug-likeness (QED) is 0.506. The van der Waals surface area contributed by atoms with E-state index in [1.807, 2.05) is 42.5 Å². The zero-order valence-corrected chi connectivity index (χ0v) is 20.6. The first kappa shape index (κ1) is 24.4. The van der Waals surface area contributed by atoms with Gasteiger partial charge in [0.2, 0.25) is 20.0 Å². The summed E-state index contributed by atoms with van der Waals surface area (Å²) in [6.07, 6.45) is 2.69. The van der Waals surface area contributed by atoms with E-state index in [2.05, 4.69) is 4.72 Å². The molecule has 1 unspecified atom stereocenters. The Balaban J connectivity index is 1.61. The number of rotatable bonds is 8. The van der Waals surface area contributed by atoms with Gasteiger partial charge in [-0.25, -0.2) is 16.8 Å². The molecule has 1 saturated heterocycles. The lowest BCUT2D eigenvalue weighted by Gasteiger charge is -2.26. The first-order valence-corrected chi connectivity index (χ1v) is 14.0. The molecular formula is C25H28N2O5S2. The fourth-order valence-electron chi connectivity index (χ4n) is 4.04. The molecule has 0 aliphatic carbocycles. The lowest BCUT2D eigenvalue weighted by Crippen LogP contribution is -2.35. The normalized spacial score (nSPS) is 16.1. The molecule has 180 valence electrons. The Bertz CT molecular complexity index is 1300. The highest BCUT2D eigenvalue weighted by molar-refractivity contribution is 7.89. The molecule has 1 fully saturated rings. The molecule has 0 bridgehead atoms. The zero-order valence-electron chi connectivity index (χ0n) is 18.9. The number of hydrogen-bond donors (Lipinski definition) is 1. The molecule has 0 spiro atoms. The van der Waals surface area contributed by atoms with Crippen LogP contribution in [0.25, 0.3) is 0 Å². The van der Waals surface area contributed by atoms with Crippen LogP contribution in [-0.4, -0.2) is 41.3 Å². The Labute approximate surface area is 201 Å². The van der Waals surface area contributed by atoms with Gasteiger partial charge in [-0.15, -0.1) is 0 Å². The van der Waals surface area contributed by atoms with Crippen LogP contribution in [0.2, 0.25) is 0 Å². The standard InChI is InChI=1S/C25H28N2O5S2/c1-32-22-12-10-21(11-13-22)25(20-8-4-2-5-9-20)26-33(28,29)23-14-16-24(17-15-23)34(30,31)27-18-6-3-7-19-27/h2,4-5,8-17,25-26H,3,6-7,18-19H2,1H3. The van der Waals surface area contributed by atoms with Gasteiger partial charge in [0.1, 0.15) is 5.75 Å². The molecule has 9 heteroatoms. The van der Waals surface area contributed by atoms with Crippen molar-refractivity contribution in [2.45, 2.75) is 35.1 Å². The zero-order chi connectivity index (χ0) is 24.2. The summed E-state index contributed by atoms with van der Waals surface area (Å²) in [4.78, 5) is 0.0997. The van der Waals surface area contributed by atoms with Gasteiger partial charge in [0.05, 0.1) is 22.9 Å². The van der Waals surface area contributed by atoms with E-state index >= 15 is 0 Å². The molecule has 0 saturated carbocycles. The van der Waals surface area contributed by atoms with E-state index in [4.69, 9.17) is 4.74 Å². The SMILES string of the molecule is COc1ccc(C(NS(=O)(=O)c2ccc(S(=O)(=O)N3CCCCC3)cc2)c2ccccc2)cc1. The molecule has 3 aromatic carbocycles. The summed E-state index contributed by atoms with van der Waals surface area (Å²) in [6, 6.07) is 21.2. The highest BCUT2D eigenvalue weighted by Gasteiger charge is 2.27. The lowest BCUT2D eigenvalue weighted by molar-refractivity contribution is 0.346. The second-order valence-corrected chi connectivity index (χ2v) is 11.8. The lowest BCUT2D eigenvalue weighted by atomic mass is 10.00. The third-order valence-corrected chi connectivity index (χ3v) is 9.29. The van der Waals surface area contributed by atoms with Gasteiger partial charge in [0.15, 0.2) is 0 Å². The van der Waals surface area contributed by atoms with Crippen LogP contribution in [-0.2, 0) is 20.0 Å². The summed E-state index contributed by atoms with van der Waals surface area (Å²) in [5.41, 5.74) is 1.53.